The standard InChI is InChI=1S/C19H23N3O2/c1-22(2)19(20-13-15-8-5-4-6-9-15)21-14-16-10-7-11-17(12-16)18(23)24-3/h4-12H,13-14H2,1-3H3,(H,20,21). The average molecular weight is 325 g/mol. The molecule has 0 atom stereocenters. The van der Waals surface area contributed by atoms with E-state index in [1.807, 2.05) is 49.3 Å². The van der Waals surface area contributed by atoms with Crippen molar-refractivity contribution in [2.24, 2.45) is 4.99 Å². The van der Waals surface area contributed by atoms with Crippen LogP contribution in [0.2, 0.25) is 0 Å². The van der Waals surface area contributed by atoms with Crippen LogP contribution in [0.15, 0.2) is 59.6 Å². The number of benzene rings is 2. The average Bonchev–Trinajstić information content (AvgIpc) is 2.61. The van der Waals surface area contributed by atoms with Crippen molar-refractivity contribution in [2.45, 2.75) is 13.1 Å². The van der Waals surface area contributed by atoms with Gasteiger partial charge in [0.15, 0.2) is 5.96 Å². The maximum absolute atomic E-state index is 11.6. The van der Waals surface area contributed by atoms with Gasteiger partial charge in [0.25, 0.3) is 0 Å². The molecular weight excluding hydrogens is 302 g/mol. The normalized spacial score (nSPS) is 11.0. The lowest BCUT2D eigenvalue weighted by Crippen LogP contribution is -2.36. The fourth-order valence-electron chi connectivity index (χ4n) is 2.21. The van der Waals surface area contributed by atoms with Gasteiger partial charge in [0.2, 0.25) is 0 Å². The lowest BCUT2D eigenvalue weighted by molar-refractivity contribution is 0.0600. The van der Waals surface area contributed by atoms with Crippen LogP contribution in [0.5, 0.6) is 0 Å². The highest BCUT2D eigenvalue weighted by molar-refractivity contribution is 5.89. The van der Waals surface area contributed by atoms with Gasteiger partial charge in [-0.15, -0.1) is 0 Å². The summed E-state index contributed by atoms with van der Waals surface area (Å²) in [7, 11) is 5.27. The fourth-order valence-corrected chi connectivity index (χ4v) is 2.21. The van der Waals surface area contributed by atoms with Crippen LogP contribution < -0.4 is 5.32 Å². The van der Waals surface area contributed by atoms with Crippen LogP contribution in [-0.4, -0.2) is 38.0 Å². The number of hydrogen-bond donors (Lipinski definition) is 1. The van der Waals surface area contributed by atoms with Crippen molar-refractivity contribution in [3.05, 3.63) is 71.3 Å². The molecule has 0 saturated heterocycles. The molecular formula is C19H23N3O2. The predicted octanol–water partition coefficient (Wildman–Crippen LogP) is 2.68. The zero-order chi connectivity index (χ0) is 17.4. The highest BCUT2D eigenvalue weighted by Gasteiger charge is 2.06. The molecule has 0 aliphatic rings. The monoisotopic (exact) mass is 325 g/mol. The van der Waals surface area contributed by atoms with Crippen LogP contribution in [0.3, 0.4) is 0 Å². The lowest BCUT2D eigenvalue weighted by Gasteiger charge is -2.17. The number of nitrogens with zero attached hydrogens (tertiary/aromatic N) is 2. The Bertz CT molecular complexity index is 697. The number of guanidine groups is 1. The summed E-state index contributed by atoms with van der Waals surface area (Å²) in [5.74, 6) is 0.457. The van der Waals surface area contributed by atoms with Crippen LogP contribution in [0.25, 0.3) is 0 Å². The first-order valence-corrected chi connectivity index (χ1v) is 7.77. The number of esters is 1. The molecule has 1 N–H and O–H groups in total. The molecule has 0 aromatic heterocycles. The van der Waals surface area contributed by atoms with Crippen LogP contribution >= 0.6 is 0 Å². The maximum Gasteiger partial charge on any atom is 0.337 e. The third-order valence-corrected chi connectivity index (χ3v) is 3.48. The van der Waals surface area contributed by atoms with Gasteiger partial charge in [-0.1, -0.05) is 42.5 Å². The summed E-state index contributed by atoms with van der Waals surface area (Å²) in [6, 6.07) is 17.5. The van der Waals surface area contributed by atoms with E-state index in [2.05, 4.69) is 22.4 Å². The summed E-state index contributed by atoms with van der Waals surface area (Å²) in [4.78, 5) is 18.1. The smallest absolute Gasteiger partial charge is 0.337 e. The molecule has 0 saturated carbocycles. The number of ether oxygens (including phenoxy) is 1. The first kappa shape index (κ1) is 17.5. The Balaban J connectivity index is 2.04. The number of rotatable bonds is 5. The van der Waals surface area contributed by atoms with E-state index in [0.29, 0.717) is 18.7 Å². The molecule has 0 aliphatic heterocycles. The molecule has 0 spiro atoms. The summed E-state index contributed by atoms with van der Waals surface area (Å²) in [5.41, 5.74) is 2.69. The number of methoxy groups -OCH3 is 1. The summed E-state index contributed by atoms with van der Waals surface area (Å²) in [6.45, 7) is 1.19. The molecule has 0 heterocycles. The van der Waals surface area contributed by atoms with Gasteiger partial charge >= 0.3 is 5.97 Å². The van der Waals surface area contributed by atoms with Gasteiger partial charge in [-0.2, -0.15) is 0 Å². The molecule has 0 aliphatic carbocycles. The van der Waals surface area contributed by atoms with Gasteiger partial charge in [0.1, 0.15) is 0 Å². The topological polar surface area (TPSA) is 53.9 Å². The molecule has 2 aromatic carbocycles. The quantitative estimate of drug-likeness (QED) is 0.522. The summed E-state index contributed by atoms with van der Waals surface area (Å²) >= 11 is 0. The molecule has 0 radical (unpaired) electrons. The molecule has 2 rings (SSSR count). The number of hydrogen-bond acceptors (Lipinski definition) is 3. The Morgan fingerprint density at radius 2 is 1.79 bits per heavy atom. The number of aliphatic imine (C=N–C) groups is 1. The Morgan fingerprint density at radius 1 is 1.08 bits per heavy atom. The highest BCUT2D eigenvalue weighted by Crippen LogP contribution is 2.08. The van der Waals surface area contributed by atoms with Gasteiger partial charge in [0.05, 0.1) is 19.2 Å². The predicted molar refractivity (Wildman–Crippen MR) is 95.9 cm³/mol. The van der Waals surface area contributed by atoms with Crippen molar-refractivity contribution in [1.29, 1.82) is 0 Å². The largest absolute Gasteiger partial charge is 0.465 e. The van der Waals surface area contributed by atoms with Gasteiger partial charge in [-0.3, -0.25) is 0 Å². The van der Waals surface area contributed by atoms with Gasteiger partial charge < -0.3 is 15.0 Å². The Hall–Kier alpha value is -2.82. The Kier molecular flexibility index (Phi) is 6.37. The van der Waals surface area contributed by atoms with E-state index in [-0.39, 0.29) is 5.97 Å². The summed E-state index contributed by atoms with van der Waals surface area (Å²) in [6.07, 6.45) is 0. The molecule has 5 heteroatoms. The lowest BCUT2D eigenvalue weighted by atomic mass is 10.1. The van der Waals surface area contributed by atoms with Crippen molar-refractivity contribution < 1.29 is 9.53 Å². The van der Waals surface area contributed by atoms with Gasteiger partial charge in [0, 0.05) is 20.6 Å². The van der Waals surface area contributed by atoms with Crippen molar-refractivity contribution in [3.8, 4) is 0 Å². The third kappa shape index (κ3) is 5.12. The molecule has 24 heavy (non-hydrogen) atoms. The molecule has 0 unspecified atom stereocenters. The minimum atomic E-state index is -0.337. The molecule has 126 valence electrons. The molecule has 2 aromatic rings. The Morgan fingerprint density at radius 3 is 2.46 bits per heavy atom. The zero-order valence-corrected chi connectivity index (χ0v) is 14.3. The first-order chi connectivity index (χ1) is 11.6. The fraction of sp³-hybridized carbons (Fsp3) is 0.263. The zero-order valence-electron chi connectivity index (χ0n) is 14.3. The minimum Gasteiger partial charge on any atom is -0.465 e. The van der Waals surface area contributed by atoms with Crippen molar-refractivity contribution in [3.63, 3.8) is 0 Å². The van der Waals surface area contributed by atoms with Crippen LogP contribution in [0.1, 0.15) is 21.5 Å². The highest BCUT2D eigenvalue weighted by atomic mass is 16.5. The molecule has 0 fully saturated rings. The van der Waals surface area contributed by atoms with Crippen molar-refractivity contribution in [1.82, 2.24) is 10.2 Å². The second kappa shape index (κ2) is 8.72. The number of carbonyl (C=O) groups excluding carboxylic acids is 1. The van der Waals surface area contributed by atoms with Crippen LogP contribution in [-0.2, 0) is 17.8 Å². The van der Waals surface area contributed by atoms with Crippen LogP contribution in [0, 0.1) is 0 Å². The van der Waals surface area contributed by atoms with Gasteiger partial charge in [-0.25, -0.2) is 9.79 Å². The van der Waals surface area contributed by atoms with E-state index in [9.17, 15) is 4.79 Å². The van der Waals surface area contributed by atoms with E-state index in [0.717, 1.165) is 11.5 Å². The van der Waals surface area contributed by atoms with E-state index < -0.39 is 0 Å². The molecule has 0 amide bonds. The van der Waals surface area contributed by atoms with E-state index in [1.165, 1.54) is 12.7 Å². The molecule has 0 bridgehead atoms. The van der Waals surface area contributed by atoms with Gasteiger partial charge in [-0.05, 0) is 23.3 Å². The second-order valence-corrected chi connectivity index (χ2v) is 5.57. The minimum absolute atomic E-state index is 0.337. The number of carbonyl (C=O) groups is 1. The maximum atomic E-state index is 11.6. The van der Waals surface area contributed by atoms with E-state index in [4.69, 9.17) is 4.74 Å². The third-order valence-electron chi connectivity index (χ3n) is 3.48. The Labute approximate surface area is 143 Å². The molecule has 5 nitrogen and oxygen atoms in total. The van der Waals surface area contributed by atoms with Crippen LogP contribution in [0.4, 0.5) is 0 Å². The van der Waals surface area contributed by atoms with Crippen molar-refractivity contribution >= 4 is 11.9 Å². The summed E-state index contributed by atoms with van der Waals surface area (Å²) < 4.78 is 4.75. The number of nitrogens with one attached hydrogen (secondary N) is 1. The SMILES string of the molecule is COC(=O)c1cccc(CN=C(NCc2ccccc2)N(C)C)c1. The van der Waals surface area contributed by atoms with Crippen molar-refractivity contribution in [2.75, 3.05) is 21.2 Å². The first-order valence-electron chi connectivity index (χ1n) is 7.77. The van der Waals surface area contributed by atoms with E-state index >= 15 is 0 Å². The second-order valence-electron chi connectivity index (χ2n) is 5.57. The summed E-state index contributed by atoms with van der Waals surface area (Å²) in [5, 5.41) is 3.34. The van der Waals surface area contributed by atoms with E-state index in [1.54, 1.807) is 12.1 Å².